The lowest BCUT2D eigenvalue weighted by molar-refractivity contribution is -0.116. The molecule has 0 saturated carbocycles. The molecule has 2 aromatic rings. The summed E-state index contributed by atoms with van der Waals surface area (Å²) in [6.45, 7) is 2.62. The Morgan fingerprint density at radius 3 is 2.95 bits per heavy atom. The van der Waals surface area contributed by atoms with E-state index in [0.717, 1.165) is 15.2 Å². The van der Waals surface area contributed by atoms with Crippen molar-refractivity contribution in [1.29, 1.82) is 0 Å². The largest absolute Gasteiger partial charge is 0.362 e. The average molecular weight is 306 g/mol. The molecular weight excluding hydrogens is 292 g/mol. The first-order valence-electron chi connectivity index (χ1n) is 6.06. The Labute approximate surface area is 126 Å². The molecule has 2 rings (SSSR count). The van der Waals surface area contributed by atoms with Crippen LogP contribution in [0.15, 0.2) is 30.3 Å². The van der Waals surface area contributed by atoms with E-state index in [2.05, 4.69) is 21.2 Å². The van der Waals surface area contributed by atoms with Crippen LogP contribution in [-0.4, -0.2) is 22.5 Å². The SMILES string of the molecule is CCNC(=S)NNC(=O)C=Cc1nc2ccccc2s1. The van der Waals surface area contributed by atoms with Gasteiger partial charge < -0.3 is 5.32 Å². The highest BCUT2D eigenvalue weighted by molar-refractivity contribution is 7.80. The second-order valence-corrected chi connectivity index (χ2v) is 5.30. The van der Waals surface area contributed by atoms with Gasteiger partial charge in [-0.05, 0) is 37.4 Å². The van der Waals surface area contributed by atoms with Gasteiger partial charge in [-0.2, -0.15) is 0 Å². The van der Waals surface area contributed by atoms with Gasteiger partial charge in [-0.25, -0.2) is 4.98 Å². The molecule has 1 amide bonds. The second kappa shape index (κ2) is 6.97. The van der Waals surface area contributed by atoms with Crippen LogP contribution in [0, 0.1) is 0 Å². The first-order valence-corrected chi connectivity index (χ1v) is 7.29. The number of nitrogens with one attached hydrogen (secondary N) is 3. The summed E-state index contributed by atoms with van der Waals surface area (Å²) in [5.74, 6) is -0.287. The third kappa shape index (κ3) is 4.01. The summed E-state index contributed by atoms with van der Waals surface area (Å²) in [4.78, 5) is 16.0. The number of thiocarbonyl (C=S) groups is 1. The van der Waals surface area contributed by atoms with Gasteiger partial charge in [0.1, 0.15) is 5.01 Å². The van der Waals surface area contributed by atoms with Crippen molar-refractivity contribution in [3.63, 3.8) is 0 Å². The van der Waals surface area contributed by atoms with Crippen LogP contribution in [0.1, 0.15) is 11.9 Å². The van der Waals surface area contributed by atoms with Gasteiger partial charge in [0.05, 0.1) is 10.2 Å². The van der Waals surface area contributed by atoms with Gasteiger partial charge >= 0.3 is 0 Å². The quantitative estimate of drug-likeness (QED) is 0.459. The Hall–Kier alpha value is -1.99. The van der Waals surface area contributed by atoms with Crippen molar-refractivity contribution in [2.45, 2.75) is 6.92 Å². The van der Waals surface area contributed by atoms with Gasteiger partial charge in [0, 0.05) is 12.6 Å². The maximum absolute atomic E-state index is 11.6. The van der Waals surface area contributed by atoms with Crippen LogP contribution in [0.2, 0.25) is 0 Å². The van der Waals surface area contributed by atoms with Gasteiger partial charge in [-0.15, -0.1) is 11.3 Å². The molecule has 0 atom stereocenters. The molecule has 0 spiro atoms. The van der Waals surface area contributed by atoms with Gasteiger partial charge in [-0.3, -0.25) is 15.6 Å². The van der Waals surface area contributed by atoms with E-state index >= 15 is 0 Å². The second-order valence-electron chi connectivity index (χ2n) is 3.83. The van der Waals surface area contributed by atoms with Crippen molar-refractivity contribution in [3.8, 4) is 0 Å². The van der Waals surface area contributed by atoms with E-state index in [-0.39, 0.29) is 5.91 Å². The highest BCUT2D eigenvalue weighted by Gasteiger charge is 2.01. The summed E-state index contributed by atoms with van der Waals surface area (Å²) in [5.41, 5.74) is 6.00. The van der Waals surface area contributed by atoms with Crippen LogP contribution < -0.4 is 16.2 Å². The van der Waals surface area contributed by atoms with Gasteiger partial charge in [-0.1, -0.05) is 12.1 Å². The van der Waals surface area contributed by atoms with Gasteiger partial charge in [0.2, 0.25) is 0 Å². The first-order chi connectivity index (χ1) is 9.69. The Kier molecular flexibility index (Phi) is 5.03. The summed E-state index contributed by atoms with van der Waals surface area (Å²) in [6, 6.07) is 7.85. The molecule has 0 bridgehead atoms. The van der Waals surface area contributed by atoms with Gasteiger partial charge in [0.15, 0.2) is 5.11 Å². The van der Waals surface area contributed by atoms with E-state index in [1.165, 1.54) is 17.4 Å². The Bertz CT molecular complexity index is 618. The number of benzene rings is 1. The molecule has 3 N–H and O–H groups in total. The van der Waals surface area contributed by atoms with E-state index in [4.69, 9.17) is 12.2 Å². The summed E-state index contributed by atoms with van der Waals surface area (Å²) in [5, 5.41) is 4.03. The Morgan fingerprint density at radius 2 is 2.20 bits per heavy atom. The van der Waals surface area contributed by atoms with E-state index in [9.17, 15) is 4.79 Å². The molecule has 0 aliphatic carbocycles. The number of hydrazine groups is 1. The van der Waals surface area contributed by atoms with Crippen LogP contribution in [-0.2, 0) is 4.79 Å². The molecule has 0 saturated heterocycles. The topological polar surface area (TPSA) is 66.0 Å². The van der Waals surface area contributed by atoms with E-state index in [0.29, 0.717) is 11.7 Å². The van der Waals surface area contributed by atoms with Crippen LogP contribution in [0.4, 0.5) is 0 Å². The van der Waals surface area contributed by atoms with Crippen LogP contribution in [0.25, 0.3) is 16.3 Å². The normalized spacial score (nSPS) is 10.7. The standard InChI is InChI=1S/C13H14N4OS2/c1-2-14-13(19)17-16-11(18)7-8-12-15-9-5-3-4-6-10(9)20-12/h3-8H,2H2,1H3,(H,16,18)(H2,14,17,19). The van der Waals surface area contributed by atoms with Crippen molar-refractivity contribution >= 4 is 50.9 Å². The minimum Gasteiger partial charge on any atom is -0.362 e. The van der Waals surface area contributed by atoms with Crippen molar-refractivity contribution in [1.82, 2.24) is 21.2 Å². The Morgan fingerprint density at radius 1 is 1.40 bits per heavy atom. The zero-order valence-corrected chi connectivity index (χ0v) is 12.5. The molecule has 0 radical (unpaired) electrons. The maximum atomic E-state index is 11.6. The Balaban J connectivity index is 1.91. The van der Waals surface area contributed by atoms with Crippen molar-refractivity contribution in [2.75, 3.05) is 6.54 Å². The van der Waals surface area contributed by atoms with E-state index in [1.807, 2.05) is 31.2 Å². The van der Waals surface area contributed by atoms with Crippen LogP contribution in [0.3, 0.4) is 0 Å². The predicted octanol–water partition coefficient (Wildman–Crippen LogP) is 1.82. The molecule has 20 heavy (non-hydrogen) atoms. The molecule has 0 unspecified atom stereocenters. The van der Waals surface area contributed by atoms with Crippen LogP contribution in [0.5, 0.6) is 0 Å². The molecule has 104 valence electrons. The lowest BCUT2D eigenvalue weighted by atomic mass is 10.3. The number of fused-ring (bicyclic) bond motifs is 1. The van der Waals surface area contributed by atoms with E-state index < -0.39 is 0 Å². The summed E-state index contributed by atoms with van der Waals surface area (Å²) in [7, 11) is 0. The fourth-order valence-corrected chi connectivity index (χ4v) is 2.54. The fourth-order valence-electron chi connectivity index (χ4n) is 1.47. The lowest BCUT2D eigenvalue weighted by Crippen LogP contribution is -2.46. The fraction of sp³-hybridized carbons (Fsp3) is 0.154. The number of hydrogen-bond donors (Lipinski definition) is 3. The third-order valence-electron chi connectivity index (χ3n) is 2.32. The average Bonchev–Trinajstić information content (AvgIpc) is 2.86. The molecule has 1 heterocycles. The molecule has 1 aromatic heterocycles. The van der Waals surface area contributed by atoms with Crippen molar-refractivity contribution < 1.29 is 4.79 Å². The highest BCUT2D eigenvalue weighted by Crippen LogP contribution is 2.22. The highest BCUT2D eigenvalue weighted by atomic mass is 32.1. The number of carbonyl (C=O) groups excluding carboxylic acids is 1. The molecule has 5 nitrogen and oxygen atoms in total. The number of aromatic nitrogens is 1. The molecule has 1 aromatic carbocycles. The lowest BCUT2D eigenvalue weighted by Gasteiger charge is -2.07. The number of carbonyl (C=O) groups is 1. The minimum atomic E-state index is -0.287. The molecule has 7 heteroatoms. The summed E-state index contributed by atoms with van der Waals surface area (Å²) >= 11 is 6.46. The number of amides is 1. The predicted molar refractivity (Wildman–Crippen MR) is 86.2 cm³/mol. The summed E-state index contributed by atoms with van der Waals surface area (Å²) < 4.78 is 1.10. The van der Waals surface area contributed by atoms with Crippen molar-refractivity contribution in [3.05, 3.63) is 35.3 Å². The number of para-hydroxylation sites is 1. The first kappa shape index (κ1) is 14.4. The number of rotatable bonds is 3. The zero-order chi connectivity index (χ0) is 14.4. The zero-order valence-electron chi connectivity index (χ0n) is 10.8. The van der Waals surface area contributed by atoms with Crippen molar-refractivity contribution in [2.24, 2.45) is 0 Å². The van der Waals surface area contributed by atoms with Crippen LogP contribution >= 0.6 is 23.6 Å². The summed E-state index contributed by atoms with van der Waals surface area (Å²) in [6.07, 6.45) is 3.09. The smallest absolute Gasteiger partial charge is 0.262 e. The number of thiazole rings is 1. The molecular formula is C13H14N4OS2. The number of nitrogens with zero attached hydrogens (tertiary/aromatic N) is 1. The third-order valence-corrected chi connectivity index (χ3v) is 3.57. The molecule has 0 aliphatic heterocycles. The molecule has 0 fully saturated rings. The number of hydrogen-bond acceptors (Lipinski definition) is 4. The maximum Gasteiger partial charge on any atom is 0.262 e. The van der Waals surface area contributed by atoms with E-state index in [1.54, 1.807) is 6.08 Å². The monoisotopic (exact) mass is 306 g/mol. The molecule has 0 aliphatic rings. The van der Waals surface area contributed by atoms with Gasteiger partial charge in [0.25, 0.3) is 5.91 Å². The minimum absolute atomic E-state index is 0.287.